The first-order valence-electron chi connectivity index (χ1n) is 10.1. The fourth-order valence-electron chi connectivity index (χ4n) is 4.56. The predicted molar refractivity (Wildman–Crippen MR) is 111 cm³/mol. The molecule has 4 rings (SSSR count). The van der Waals surface area contributed by atoms with Crippen LogP contribution in [0, 0.1) is 0 Å². The van der Waals surface area contributed by atoms with Crippen molar-refractivity contribution in [3.63, 3.8) is 0 Å². The molecule has 0 spiro atoms. The Balaban J connectivity index is 1.26. The first kappa shape index (κ1) is 18.7. The van der Waals surface area contributed by atoms with E-state index in [1.54, 1.807) is 7.11 Å². The summed E-state index contributed by atoms with van der Waals surface area (Å²) < 4.78 is 17.4. The molecule has 0 fully saturated rings. The molecule has 27 heavy (non-hydrogen) atoms. The molecule has 0 amide bonds. The monoisotopic (exact) mass is 383 g/mol. The molecular formula is C23H29NO2S. The standard InChI is InChI=1S/C23H29NO2S/c1-26-22-7-3-5-20-18(4-2-6-21(20)22)11-14-24-13-10-17-8-9-23-19(16-17)12-15-27(23)25/h3,5,7-9,16,18,24H,2,4,6,10-15H2,1H3. The van der Waals surface area contributed by atoms with E-state index in [9.17, 15) is 4.21 Å². The molecule has 1 heterocycles. The zero-order chi connectivity index (χ0) is 18.6. The summed E-state index contributed by atoms with van der Waals surface area (Å²) in [6, 6.07) is 13.0. The Bertz CT molecular complexity index is 833. The van der Waals surface area contributed by atoms with E-state index in [0.717, 1.165) is 48.7 Å². The summed E-state index contributed by atoms with van der Waals surface area (Å²) in [4.78, 5) is 1.05. The second kappa shape index (κ2) is 8.57. The van der Waals surface area contributed by atoms with Gasteiger partial charge in [-0.2, -0.15) is 0 Å². The summed E-state index contributed by atoms with van der Waals surface area (Å²) in [6.07, 6.45) is 6.87. The van der Waals surface area contributed by atoms with Crippen molar-refractivity contribution in [1.82, 2.24) is 5.32 Å². The zero-order valence-corrected chi connectivity index (χ0v) is 16.9. The summed E-state index contributed by atoms with van der Waals surface area (Å²) in [5.74, 6) is 2.50. The van der Waals surface area contributed by atoms with Crippen molar-refractivity contribution in [3.8, 4) is 5.75 Å². The van der Waals surface area contributed by atoms with Gasteiger partial charge in [0.15, 0.2) is 0 Å². The molecule has 0 saturated carbocycles. The topological polar surface area (TPSA) is 38.3 Å². The molecule has 2 aromatic carbocycles. The smallest absolute Gasteiger partial charge is 0.122 e. The molecule has 1 N–H and O–H groups in total. The third-order valence-corrected chi connectivity index (χ3v) is 7.46. The Morgan fingerprint density at radius 2 is 2.11 bits per heavy atom. The maximum Gasteiger partial charge on any atom is 0.122 e. The van der Waals surface area contributed by atoms with Crippen LogP contribution >= 0.6 is 0 Å². The fraction of sp³-hybridized carbons (Fsp3) is 0.478. The van der Waals surface area contributed by atoms with Crippen LogP contribution in [0.3, 0.4) is 0 Å². The molecule has 1 aliphatic carbocycles. The van der Waals surface area contributed by atoms with Crippen LogP contribution in [0.25, 0.3) is 0 Å². The molecular weight excluding hydrogens is 354 g/mol. The van der Waals surface area contributed by atoms with Crippen molar-refractivity contribution >= 4 is 10.8 Å². The lowest BCUT2D eigenvalue weighted by molar-refractivity contribution is 0.401. The number of hydrogen-bond donors (Lipinski definition) is 1. The SMILES string of the molecule is COc1cccc2c1CCCC2CCNCCc1ccc2c(c1)CCS2=O. The van der Waals surface area contributed by atoms with E-state index in [0.29, 0.717) is 5.92 Å². The summed E-state index contributed by atoms with van der Waals surface area (Å²) in [7, 11) is 1.01. The van der Waals surface area contributed by atoms with Crippen LogP contribution < -0.4 is 10.1 Å². The lowest BCUT2D eigenvalue weighted by Gasteiger charge is -2.27. The highest BCUT2D eigenvalue weighted by atomic mass is 32.2. The maximum atomic E-state index is 11.8. The van der Waals surface area contributed by atoms with E-state index in [4.69, 9.17) is 4.74 Å². The first-order chi connectivity index (χ1) is 13.3. The number of aryl methyl sites for hydroxylation is 1. The van der Waals surface area contributed by atoms with E-state index in [1.165, 1.54) is 41.5 Å². The highest BCUT2D eigenvalue weighted by molar-refractivity contribution is 7.85. The van der Waals surface area contributed by atoms with Crippen LogP contribution in [0.15, 0.2) is 41.3 Å². The molecule has 144 valence electrons. The molecule has 4 heteroatoms. The highest BCUT2D eigenvalue weighted by Crippen LogP contribution is 2.38. The summed E-state index contributed by atoms with van der Waals surface area (Å²) >= 11 is 0. The average Bonchev–Trinajstić information content (AvgIpc) is 3.07. The van der Waals surface area contributed by atoms with E-state index in [1.807, 2.05) is 0 Å². The van der Waals surface area contributed by atoms with Gasteiger partial charge in [0.1, 0.15) is 5.75 Å². The van der Waals surface area contributed by atoms with Crippen molar-refractivity contribution in [3.05, 3.63) is 58.7 Å². The molecule has 2 atom stereocenters. The van der Waals surface area contributed by atoms with Gasteiger partial charge in [-0.25, -0.2) is 0 Å². The molecule has 1 aliphatic heterocycles. The fourth-order valence-corrected chi connectivity index (χ4v) is 5.86. The number of ether oxygens (including phenoxy) is 1. The van der Waals surface area contributed by atoms with Crippen LogP contribution in [0.4, 0.5) is 0 Å². The second-order valence-electron chi connectivity index (χ2n) is 7.65. The largest absolute Gasteiger partial charge is 0.496 e. The van der Waals surface area contributed by atoms with Gasteiger partial charge >= 0.3 is 0 Å². The Kier molecular flexibility index (Phi) is 5.94. The summed E-state index contributed by atoms with van der Waals surface area (Å²) in [6.45, 7) is 2.05. The first-order valence-corrected chi connectivity index (χ1v) is 11.4. The minimum absolute atomic E-state index is 0.645. The van der Waals surface area contributed by atoms with Gasteiger partial charge in [-0.05, 0) is 91.9 Å². The lowest BCUT2D eigenvalue weighted by Crippen LogP contribution is -2.22. The predicted octanol–water partition coefficient (Wildman–Crippen LogP) is 4.00. The number of fused-ring (bicyclic) bond motifs is 2. The molecule has 0 aromatic heterocycles. The van der Waals surface area contributed by atoms with Crippen LogP contribution in [-0.4, -0.2) is 30.2 Å². The van der Waals surface area contributed by atoms with E-state index < -0.39 is 10.8 Å². The third kappa shape index (κ3) is 4.12. The Morgan fingerprint density at radius 3 is 3.00 bits per heavy atom. The molecule has 0 radical (unpaired) electrons. The average molecular weight is 384 g/mol. The number of benzene rings is 2. The van der Waals surface area contributed by atoms with Gasteiger partial charge in [0, 0.05) is 10.6 Å². The highest BCUT2D eigenvalue weighted by Gasteiger charge is 2.22. The Hall–Kier alpha value is -1.65. The van der Waals surface area contributed by atoms with E-state index >= 15 is 0 Å². The third-order valence-electron chi connectivity index (χ3n) is 6.00. The van der Waals surface area contributed by atoms with Gasteiger partial charge < -0.3 is 10.1 Å². The van der Waals surface area contributed by atoms with Crippen LogP contribution in [0.2, 0.25) is 0 Å². The molecule has 3 nitrogen and oxygen atoms in total. The van der Waals surface area contributed by atoms with Crippen molar-refractivity contribution in [2.24, 2.45) is 0 Å². The maximum absolute atomic E-state index is 11.8. The van der Waals surface area contributed by atoms with Gasteiger partial charge in [0.2, 0.25) is 0 Å². The van der Waals surface area contributed by atoms with E-state index in [-0.39, 0.29) is 0 Å². The molecule has 0 saturated heterocycles. The Labute approximate surface area is 165 Å². The van der Waals surface area contributed by atoms with Crippen molar-refractivity contribution in [2.45, 2.75) is 49.3 Å². The summed E-state index contributed by atoms with van der Waals surface area (Å²) in [5, 5.41) is 3.63. The minimum atomic E-state index is -0.763. The second-order valence-corrected chi connectivity index (χ2v) is 9.19. The molecule has 2 unspecified atom stereocenters. The molecule has 0 bridgehead atoms. The van der Waals surface area contributed by atoms with Crippen LogP contribution in [-0.2, 0) is 30.1 Å². The van der Waals surface area contributed by atoms with Crippen molar-refractivity contribution in [1.29, 1.82) is 0 Å². The van der Waals surface area contributed by atoms with Gasteiger partial charge in [0.25, 0.3) is 0 Å². The number of hydrogen-bond acceptors (Lipinski definition) is 3. The van der Waals surface area contributed by atoms with Crippen molar-refractivity contribution < 1.29 is 8.95 Å². The van der Waals surface area contributed by atoms with Gasteiger partial charge in [-0.1, -0.05) is 24.3 Å². The Morgan fingerprint density at radius 1 is 1.19 bits per heavy atom. The van der Waals surface area contributed by atoms with E-state index in [2.05, 4.69) is 41.7 Å². The van der Waals surface area contributed by atoms with Crippen molar-refractivity contribution in [2.75, 3.05) is 26.0 Å². The van der Waals surface area contributed by atoms with Crippen LogP contribution in [0.5, 0.6) is 5.75 Å². The zero-order valence-electron chi connectivity index (χ0n) is 16.1. The number of rotatable bonds is 7. The molecule has 2 aliphatic rings. The molecule has 2 aromatic rings. The van der Waals surface area contributed by atoms with Gasteiger partial charge in [0.05, 0.1) is 17.9 Å². The quantitative estimate of drug-likeness (QED) is 0.735. The number of nitrogens with one attached hydrogen (secondary N) is 1. The number of methoxy groups -OCH3 is 1. The lowest BCUT2D eigenvalue weighted by atomic mass is 9.80. The minimum Gasteiger partial charge on any atom is -0.496 e. The normalized spacial score (nSPS) is 20.9. The van der Waals surface area contributed by atoms with Gasteiger partial charge in [-0.3, -0.25) is 4.21 Å². The summed E-state index contributed by atoms with van der Waals surface area (Å²) in [5.41, 5.74) is 5.56. The van der Waals surface area contributed by atoms with Crippen LogP contribution in [0.1, 0.15) is 47.4 Å². The van der Waals surface area contributed by atoms with Gasteiger partial charge in [-0.15, -0.1) is 0 Å².